The van der Waals surface area contributed by atoms with E-state index in [2.05, 4.69) is 0 Å². The molecule has 0 radical (unpaired) electrons. The maximum atomic E-state index is 14.2. The molecule has 1 N–H and O–H groups in total. The van der Waals surface area contributed by atoms with Gasteiger partial charge in [0, 0.05) is 29.7 Å². The largest absolute Gasteiger partial charge is 0.508 e. The number of aromatic hydroxyl groups is 1. The number of imide groups is 2. The fourth-order valence-electron chi connectivity index (χ4n) is 7.75. The van der Waals surface area contributed by atoms with Gasteiger partial charge in [-0.25, -0.2) is 0 Å². The molecule has 0 spiro atoms. The van der Waals surface area contributed by atoms with E-state index in [0.29, 0.717) is 28.1 Å². The van der Waals surface area contributed by atoms with Crippen LogP contribution in [0.2, 0.25) is 0 Å². The second-order valence-electron chi connectivity index (χ2n) is 12.2. The monoisotopic (exact) mass is 658 g/mol. The van der Waals surface area contributed by atoms with Gasteiger partial charge in [0.15, 0.2) is 15.5 Å². The van der Waals surface area contributed by atoms with Crippen molar-refractivity contribution in [3.63, 3.8) is 0 Å². The number of phenolic OH excluding ortho intramolecular Hbond substituents is 1. The molecule has 2 aliphatic carbocycles. The summed E-state index contributed by atoms with van der Waals surface area (Å²) in [5.74, 6) is -5.84. The van der Waals surface area contributed by atoms with Gasteiger partial charge in [-0.2, -0.15) is 0 Å². The number of hydrogen-bond acceptors (Lipinski definition) is 7. The Labute approximate surface area is 274 Å². The molecule has 11 heteroatoms. The first-order chi connectivity index (χ1) is 21.9. The van der Waals surface area contributed by atoms with Crippen molar-refractivity contribution in [3.8, 4) is 11.5 Å². The van der Waals surface area contributed by atoms with Crippen molar-refractivity contribution in [2.24, 2.45) is 17.8 Å². The number of hydrogen-bond donors (Lipinski definition) is 1. The summed E-state index contributed by atoms with van der Waals surface area (Å²) in [5, 5.41) is 11.1. The number of ether oxygens (including phenoxy) is 1. The van der Waals surface area contributed by atoms with E-state index < -0.39 is 57.0 Å². The van der Waals surface area contributed by atoms with Gasteiger partial charge in [0.25, 0.3) is 11.8 Å². The third-order valence-electron chi connectivity index (χ3n) is 9.98. The van der Waals surface area contributed by atoms with Crippen LogP contribution in [0.3, 0.4) is 0 Å². The number of allylic oxidation sites excluding steroid dienone is 2. The Balaban J connectivity index is 1.29. The Morgan fingerprint density at radius 3 is 2.24 bits per heavy atom. The summed E-state index contributed by atoms with van der Waals surface area (Å²) in [6.45, 7) is 0. The van der Waals surface area contributed by atoms with Crippen LogP contribution < -0.4 is 9.64 Å². The SMILES string of the molecule is COc1ccc(O)c(C2C3=CCC4C(=O)N(c5ccc(C(=O)c6ccccc6)cc5)C(=O)C4C3CC3(Cl)C(=O)N(C)C(=O)C23Cl)c1. The number of alkyl halides is 2. The van der Waals surface area contributed by atoms with Crippen LogP contribution in [0.25, 0.3) is 0 Å². The number of carbonyl (C=O) groups excluding carboxylic acids is 5. The van der Waals surface area contributed by atoms with Crippen molar-refractivity contribution >= 4 is 58.3 Å². The first-order valence-electron chi connectivity index (χ1n) is 14.8. The number of fused-ring (bicyclic) bond motifs is 4. The zero-order valence-corrected chi connectivity index (χ0v) is 26.3. The average Bonchev–Trinajstić information content (AvgIpc) is 3.40. The molecular weight excluding hydrogens is 631 g/mol. The molecule has 0 aromatic heterocycles. The number of methoxy groups -OCH3 is 1. The normalized spacial score (nSPS) is 30.1. The number of rotatable bonds is 5. The van der Waals surface area contributed by atoms with Crippen molar-refractivity contribution in [2.45, 2.75) is 28.5 Å². The zero-order valence-electron chi connectivity index (χ0n) is 24.8. The zero-order chi connectivity index (χ0) is 32.7. The lowest BCUT2D eigenvalue weighted by atomic mass is 9.56. The van der Waals surface area contributed by atoms with E-state index in [1.54, 1.807) is 66.7 Å². The molecule has 0 bridgehead atoms. The third-order valence-corrected chi connectivity index (χ3v) is 11.4. The molecule has 3 fully saturated rings. The molecule has 9 nitrogen and oxygen atoms in total. The molecule has 3 aromatic rings. The number of phenols is 1. The molecule has 1 saturated carbocycles. The number of benzene rings is 3. The summed E-state index contributed by atoms with van der Waals surface area (Å²) in [6, 6.07) is 19.5. The van der Waals surface area contributed by atoms with E-state index >= 15 is 0 Å². The highest BCUT2D eigenvalue weighted by Gasteiger charge is 2.76. The molecular formula is C35H28Cl2N2O7. The predicted molar refractivity (Wildman–Crippen MR) is 169 cm³/mol. The van der Waals surface area contributed by atoms with Crippen molar-refractivity contribution in [1.29, 1.82) is 0 Å². The van der Waals surface area contributed by atoms with E-state index in [1.807, 2.05) is 6.07 Å². The van der Waals surface area contributed by atoms with E-state index in [0.717, 1.165) is 9.80 Å². The molecule has 6 unspecified atom stereocenters. The van der Waals surface area contributed by atoms with Crippen molar-refractivity contribution in [2.75, 3.05) is 19.1 Å². The fraction of sp³-hybridized carbons (Fsp3) is 0.286. The lowest BCUT2D eigenvalue weighted by molar-refractivity contribution is -0.138. The molecule has 3 aromatic carbocycles. The number of ketones is 1. The van der Waals surface area contributed by atoms with Crippen LogP contribution in [0.1, 0.15) is 40.2 Å². The maximum Gasteiger partial charge on any atom is 0.253 e. The van der Waals surface area contributed by atoms with Gasteiger partial charge in [0.05, 0.1) is 24.6 Å². The van der Waals surface area contributed by atoms with Crippen LogP contribution in [-0.4, -0.2) is 63.3 Å². The van der Waals surface area contributed by atoms with Crippen LogP contribution in [-0.2, 0) is 19.2 Å². The number of carbonyl (C=O) groups is 5. The second-order valence-corrected chi connectivity index (χ2v) is 13.4. The Kier molecular flexibility index (Phi) is 6.92. The third kappa shape index (κ3) is 3.97. The highest BCUT2D eigenvalue weighted by molar-refractivity contribution is 6.53. The summed E-state index contributed by atoms with van der Waals surface area (Å²) in [7, 11) is 2.75. The lowest BCUT2D eigenvalue weighted by Gasteiger charge is -2.50. The minimum absolute atomic E-state index is 0.168. The summed E-state index contributed by atoms with van der Waals surface area (Å²) in [4.78, 5) is 66.5. The van der Waals surface area contributed by atoms with Crippen LogP contribution in [0.15, 0.2) is 84.4 Å². The first kappa shape index (κ1) is 30.2. The Hall–Kier alpha value is -4.47. The molecule has 2 heterocycles. The molecule has 46 heavy (non-hydrogen) atoms. The van der Waals surface area contributed by atoms with Crippen LogP contribution in [0.4, 0.5) is 5.69 Å². The first-order valence-corrected chi connectivity index (χ1v) is 15.5. The molecule has 4 amide bonds. The minimum atomic E-state index is -2.02. The van der Waals surface area contributed by atoms with Gasteiger partial charge in [-0.05, 0) is 61.2 Å². The quantitative estimate of drug-likeness (QED) is 0.180. The van der Waals surface area contributed by atoms with Gasteiger partial charge >= 0.3 is 0 Å². The Morgan fingerprint density at radius 2 is 1.57 bits per heavy atom. The van der Waals surface area contributed by atoms with Gasteiger partial charge in [-0.3, -0.25) is 33.8 Å². The number of amides is 4. The maximum absolute atomic E-state index is 14.2. The van der Waals surface area contributed by atoms with Crippen molar-refractivity contribution < 1.29 is 33.8 Å². The predicted octanol–water partition coefficient (Wildman–Crippen LogP) is 4.83. The topological polar surface area (TPSA) is 121 Å². The molecule has 2 saturated heterocycles. The van der Waals surface area contributed by atoms with Gasteiger partial charge in [0.1, 0.15) is 11.5 Å². The summed E-state index contributed by atoms with van der Waals surface area (Å²) >= 11 is 14.4. The molecule has 7 rings (SSSR count). The van der Waals surface area contributed by atoms with E-state index in [1.165, 1.54) is 20.2 Å². The summed E-state index contributed by atoms with van der Waals surface area (Å²) in [5.41, 5.74) is 2.00. The number of likely N-dealkylation sites (tertiary alicyclic amines) is 1. The van der Waals surface area contributed by atoms with Crippen LogP contribution in [0, 0.1) is 17.8 Å². The van der Waals surface area contributed by atoms with Gasteiger partial charge in [-0.15, -0.1) is 23.2 Å². The Morgan fingerprint density at radius 1 is 0.891 bits per heavy atom. The van der Waals surface area contributed by atoms with Crippen molar-refractivity contribution in [1.82, 2.24) is 4.90 Å². The lowest BCUT2D eigenvalue weighted by Crippen LogP contribution is -2.60. The highest BCUT2D eigenvalue weighted by Crippen LogP contribution is 2.66. The standard InChI is InChI=1S/C35H28Cl2N2O7/c1-38-32(44)34(36)17-25-22(28(35(34,37)33(38)45)24-16-21(46-2)12-15-26(24)40)13-14-23-27(25)31(43)39(30(23)42)20-10-8-19(9-11-20)29(41)18-6-4-3-5-7-18/h3-13,15-16,23,25,27-28,40H,14,17H2,1-2H3. The number of halogens is 2. The van der Waals surface area contributed by atoms with Crippen LogP contribution >= 0.6 is 23.2 Å². The smallest absolute Gasteiger partial charge is 0.253 e. The summed E-state index contributed by atoms with van der Waals surface area (Å²) in [6.07, 6.45) is 1.80. The molecule has 4 aliphatic rings. The van der Waals surface area contributed by atoms with E-state index in [-0.39, 0.29) is 29.9 Å². The number of anilines is 1. The van der Waals surface area contributed by atoms with Crippen LogP contribution in [0.5, 0.6) is 11.5 Å². The summed E-state index contributed by atoms with van der Waals surface area (Å²) < 4.78 is 5.39. The van der Waals surface area contributed by atoms with E-state index in [9.17, 15) is 29.1 Å². The van der Waals surface area contributed by atoms with E-state index in [4.69, 9.17) is 27.9 Å². The van der Waals surface area contributed by atoms with Gasteiger partial charge < -0.3 is 9.84 Å². The average molecular weight is 660 g/mol. The molecule has 2 aliphatic heterocycles. The highest BCUT2D eigenvalue weighted by atomic mass is 35.5. The molecule has 234 valence electrons. The van der Waals surface area contributed by atoms with Gasteiger partial charge in [0.2, 0.25) is 11.8 Å². The Bertz CT molecular complexity index is 1880. The number of nitrogens with zero attached hydrogens (tertiary/aromatic N) is 2. The minimum Gasteiger partial charge on any atom is -0.508 e. The fourth-order valence-corrected chi connectivity index (χ4v) is 8.76. The second kappa shape index (κ2) is 10.5. The molecule has 6 atom stereocenters. The van der Waals surface area contributed by atoms with Crippen molar-refractivity contribution in [3.05, 3.63) is 101 Å². The van der Waals surface area contributed by atoms with Gasteiger partial charge in [-0.1, -0.05) is 42.0 Å².